The number of nitriles is 1. The maximum atomic E-state index is 11.9. The molecule has 0 saturated heterocycles. The summed E-state index contributed by atoms with van der Waals surface area (Å²) in [6.45, 7) is 0. The topological polar surface area (TPSA) is 123 Å². The van der Waals surface area contributed by atoms with Crippen molar-refractivity contribution in [3.05, 3.63) is 42.1 Å². The molecule has 140 valence electrons. The first-order valence-corrected chi connectivity index (χ1v) is 8.72. The van der Waals surface area contributed by atoms with Gasteiger partial charge in [0.2, 0.25) is 0 Å². The largest absolute Gasteiger partial charge is 0.469 e. The Balaban J connectivity index is 1.92. The van der Waals surface area contributed by atoms with Gasteiger partial charge >= 0.3 is 5.97 Å². The molecule has 1 aromatic carbocycles. The molecule has 1 heterocycles. The molecule has 2 aromatic rings. The minimum absolute atomic E-state index is 0.232. The predicted octanol–water partition coefficient (Wildman–Crippen LogP) is 2.38. The van der Waals surface area contributed by atoms with E-state index in [2.05, 4.69) is 16.5 Å². The molecule has 0 radical (unpaired) electrons. The summed E-state index contributed by atoms with van der Waals surface area (Å²) in [5.41, 5.74) is 6.50. The summed E-state index contributed by atoms with van der Waals surface area (Å²) in [7, 11) is 1.36. The van der Waals surface area contributed by atoms with Crippen LogP contribution in [0.5, 0.6) is 0 Å². The SMILES string of the molecule is COC(=O)C1CC[C@H](C#N)[C@@H](n2cc(C(N)=O)c(Nc3ccccc3)n2)C1. The van der Waals surface area contributed by atoms with Gasteiger partial charge < -0.3 is 15.8 Å². The van der Waals surface area contributed by atoms with E-state index >= 15 is 0 Å². The molecule has 1 aromatic heterocycles. The molecule has 3 atom stereocenters. The zero-order valence-electron chi connectivity index (χ0n) is 15.0. The Labute approximate surface area is 156 Å². The lowest BCUT2D eigenvalue weighted by molar-refractivity contribution is -0.147. The average Bonchev–Trinajstić information content (AvgIpc) is 3.11. The van der Waals surface area contributed by atoms with Gasteiger partial charge in [-0.1, -0.05) is 18.2 Å². The van der Waals surface area contributed by atoms with E-state index in [9.17, 15) is 14.9 Å². The highest BCUT2D eigenvalue weighted by molar-refractivity contribution is 5.98. The van der Waals surface area contributed by atoms with Crippen LogP contribution in [0.4, 0.5) is 11.5 Å². The van der Waals surface area contributed by atoms with Crippen molar-refractivity contribution in [2.24, 2.45) is 17.6 Å². The third-order valence-electron chi connectivity index (χ3n) is 4.89. The number of nitrogens with zero attached hydrogens (tertiary/aromatic N) is 3. The Morgan fingerprint density at radius 2 is 2.07 bits per heavy atom. The van der Waals surface area contributed by atoms with Gasteiger partial charge in [0.25, 0.3) is 5.91 Å². The minimum Gasteiger partial charge on any atom is -0.469 e. The summed E-state index contributed by atoms with van der Waals surface area (Å²) in [4.78, 5) is 23.8. The summed E-state index contributed by atoms with van der Waals surface area (Å²) in [5, 5.41) is 17.1. The van der Waals surface area contributed by atoms with Gasteiger partial charge in [-0.3, -0.25) is 14.3 Å². The van der Waals surface area contributed by atoms with Gasteiger partial charge in [0, 0.05) is 11.9 Å². The van der Waals surface area contributed by atoms with Crippen molar-refractivity contribution in [1.82, 2.24) is 9.78 Å². The van der Waals surface area contributed by atoms with Gasteiger partial charge in [0.1, 0.15) is 5.56 Å². The molecule has 27 heavy (non-hydrogen) atoms. The standard InChI is InChI=1S/C19H21N5O3/c1-27-19(26)12-7-8-13(10-20)16(9-12)24-11-15(17(21)25)18(23-24)22-14-5-3-2-4-6-14/h2-6,11-13,16H,7-9H2,1H3,(H2,21,25)(H,22,23)/t12?,13-,16+/m1/s1. The van der Waals surface area contributed by atoms with Crippen LogP contribution >= 0.6 is 0 Å². The number of anilines is 2. The molecule has 8 heteroatoms. The monoisotopic (exact) mass is 367 g/mol. The Morgan fingerprint density at radius 1 is 1.33 bits per heavy atom. The zero-order chi connectivity index (χ0) is 19.4. The van der Waals surface area contributed by atoms with E-state index in [0.717, 1.165) is 5.69 Å². The van der Waals surface area contributed by atoms with E-state index in [1.165, 1.54) is 7.11 Å². The van der Waals surface area contributed by atoms with Crippen LogP contribution in [0, 0.1) is 23.2 Å². The number of hydrogen-bond acceptors (Lipinski definition) is 6. The lowest BCUT2D eigenvalue weighted by atomic mass is 9.79. The second-order valence-corrected chi connectivity index (χ2v) is 6.56. The van der Waals surface area contributed by atoms with Gasteiger partial charge in [-0.15, -0.1) is 0 Å². The lowest BCUT2D eigenvalue weighted by Gasteiger charge is -2.31. The molecule has 1 saturated carbocycles. The number of hydrogen-bond donors (Lipinski definition) is 2. The quantitative estimate of drug-likeness (QED) is 0.782. The number of benzene rings is 1. The normalized spacial score (nSPS) is 21.9. The molecule has 0 bridgehead atoms. The highest BCUT2D eigenvalue weighted by Gasteiger charge is 2.36. The van der Waals surface area contributed by atoms with E-state index in [4.69, 9.17) is 10.5 Å². The maximum absolute atomic E-state index is 11.9. The number of aromatic nitrogens is 2. The second kappa shape index (κ2) is 7.91. The van der Waals surface area contributed by atoms with Crippen molar-refractivity contribution < 1.29 is 14.3 Å². The Bertz CT molecular complexity index is 871. The number of methoxy groups -OCH3 is 1. The van der Waals surface area contributed by atoms with E-state index in [0.29, 0.717) is 25.1 Å². The van der Waals surface area contributed by atoms with Crippen LogP contribution in [0.25, 0.3) is 0 Å². The molecular formula is C19H21N5O3. The van der Waals surface area contributed by atoms with Crippen LogP contribution in [0.15, 0.2) is 36.5 Å². The van der Waals surface area contributed by atoms with Crippen LogP contribution in [0.3, 0.4) is 0 Å². The number of amides is 1. The number of esters is 1. The Kier molecular flexibility index (Phi) is 5.41. The molecule has 1 aliphatic carbocycles. The van der Waals surface area contributed by atoms with Gasteiger partial charge in [-0.2, -0.15) is 10.4 Å². The first-order chi connectivity index (χ1) is 13.0. The van der Waals surface area contributed by atoms with Crippen molar-refractivity contribution in [2.45, 2.75) is 25.3 Å². The van der Waals surface area contributed by atoms with Crippen LogP contribution in [0.2, 0.25) is 0 Å². The van der Waals surface area contributed by atoms with Crippen molar-refractivity contribution in [2.75, 3.05) is 12.4 Å². The number of nitrogens with two attached hydrogens (primary N) is 1. The minimum atomic E-state index is -0.617. The van der Waals surface area contributed by atoms with Crippen LogP contribution < -0.4 is 11.1 Å². The summed E-state index contributed by atoms with van der Waals surface area (Å²) >= 11 is 0. The Morgan fingerprint density at radius 3 is 2.70 bits per heavy atom. The van der Waals surface area contributed by atoms with Crippen LogP contribution in [0.1, 0.15) is 35.7 Å². The summed E-state index contributed by atoms with van der Waals surface area (Å²) in [5.74, 6) is -1.19. The van der Waals surface area contributed by atoms with Gasteiger partial charge in [-0.25, -0.2) is 0 Å². The summed E-state index contributed by atoms with van der Waals surface area (Å²) in [6.07, 6.45) is 3.13. The fourth-order valence-electron chi connectivity index (χ4n) is 3.46. The molecule has 1 amide bonds. The van der Waals surface area contributed by atoms with E-state index in [1.807, 2.05) is 30.3 Å². The molecule has 3 N–H and O–H groups in total. The van der Waals surface area contributed by atoms with Gasteiger partial charge in [-0.05, 0) is 31.4 Å². The smallest absolute Gasteiger partial charge is 0.308 e. The lowest BCUT2D eigenvalue weighted by Crippen LogP contribution is -2.31. The molecule has 1 aliphatic rings. The number of para-hydroxylation sites is 1. The third-order valence-corrected chi connectivity index (χ3v) is 4.89. The molecule has 3 rings (SSSR count). The number of carbonyl (C=O) groups is 2. The number of rotatable bonds is 5. The van der Waals surface area contributed by atoms with E-state index in [-0.39, 0.29) is 29.4 Å². The van der Waals surface area contributed by atoms with Crippen molar-refractivity contribution in [3.63, 3.8) is 0 Å². The number of carbonyl (C=O) groups excluding carboxylic acids is 2. The fourth-order valence-corrected chi connectivity index (χ4v) is 3.46. The zero-order valence-corrected chi connectivity index (χ0v) is 15.0. The first-order valence-electron chi connectivity index (χ1n) is 8.72. The summed E-state index contributed by atoms with van der Waals surface area (Å²) < 4.78 is 6.43. The van der Waals surface area contributed by atoms with Crippen LogP contribution in [-0.4, -0.2) is 28.8 Å². The van der Waals surface area contributed by atoms with Gasteiger partial charge in [0.05, 0.1) is 31.1 Å². The number of ether oxygens (including phenoxy) is 1. The molecule has 0 aliphatic heterocycles. The fraction of sp³-hybridized carbons (Fsp3) is 0.368. The second-order valence-electron chi connectivity index (χ2n) is 6.56. The molecule has 1 unspecified atom stereocenters. The van der Waals surface area contributed by atoms with Crippen molar-refractivity contribution in [1.29, 1.82) is 5.26 Å². The highest BCUT2D eigenvalue weighted by Crippen LogP contribution is 2.38. The van der Waals surface area contributed by atoms with Gasteiger partial charge in [0.15, 0.2) is 5.82 Å². The predicted molar refractivity (Wildman–Crippen MR) is 98.0 cm³/mol. The average molecular weight is 367 g/mol. The van der Waals surface area contributed by atoms with Crippen molar-refractivity contribution in [3.8, 4) is 6.07 Å². The summed E-state index contributed by atoms with van der Waals surface area (Å²) in [6, 6.07) is 11.2. The number of nitrogens with one attached hydrogen (secondary N) is 1. The molecule has 1 fully saturated rings. The number of primary amides is 1. The third kappa shape index (κ3) is 3.92. The van der Waals surface area contributed by atoms with Crippen molar-refractivity contribution >= 4 is 23.4 Å². The van der Waals surface area contributed by atoms with E-state index < -0.39 is 5.91 Å². The van der Waals surface area contributed by atoms with E-state index in [1.54, 1.807) is 10.9 Å². The Hall–Kier alpha value is -3.34. The maximum Gasteiger partial charge on any atom is 0.308 e. The molecular weight excluding hydrogens is 346 g/mol. The molecule has 0 spiro atoms. The highest BCUT2D eigenvalue weighted by atomic mass is 16.5. The molecule has 8 nitrogen and oxygen atoms in total. The first kappa shape index (κ1) is 18.5. The van der Waals surface area contributed by atoms with Crippen LogP contribution in [-0.2, 0) is 9.53 Å².